The molecule has 0 bridgehead atoms. The molecule has 0 aliphatic carbocycles. The average Bonchev–Trinajstić information content (AvgIpc) is 3.43. The first-order chi connectivity index (χ1) is 16.8. The number of carbonyl (C=O) groups is 3. The average molecular weight is 489 g/mol. The van der Waals surface area contributed by atoms with Gasteiger partial charge in [-0.15, -0.1) is 0 Å². The van der Waals surface area contributed by atoms with Crippen LogP contribution >= 0.6 is 0 Å². The molecule has 1 aromatic carbocycles. The second-order valence-corrected chi connectivity index (χ2v) is 8.71. The number of halogens is 1. The Balaban J connectivity index is 1.30. The third kappa shape index (κ3) is 6.30. The van der Waals surface area contributed by atoms with E-state index in [2.05, 4.69) is 10.2 Å². The summed E-state index contributed by atoms with van der Waals surface area (Å²) in [4.78, 5) is 39.5. The lowest BCUT2D eigenvalue weighted by Crippen LogP contribution is -2.46. The fourth-order valence-electron chi connectivity index (χ4n) is 4.26. The van der Waals surface area contributed by atoms with E-state index in [4.69, 9.17) is 14.3 Å². The maximum atomic E-state index is 15.0. The first-order valence-corrected chi connectivity index (χ1v) is 11.6. The number of rotatable bonds is 9. The first kappa shape index (κ1) is 24.5. The summed E-state index contributed by atoms with van der Waals surface area (Å²) >= 11 is 0. The van der Waals surface area contributed by atoms with Crippen molar-refractivity contribution in [2.24, 2.45) is 0 Å². The van der Waals surface area contributed by atoms with Crippen LogP contribution in [0.2, 0.25) is 0 Å². The Morgan fingerprint density at radius 1 is 1.14 bits per heavy atom. The van der Waals surface area contributed by atoms with Crippen LogP contribution in [0, 0.1) is 5.82 Å². The molecule has 0 spiro atoms. The van der Waals surface area contributed by atoms with Crippen LogP contribution in [0.4, 0.5) is 20.6 Å². The predicted molar refractivity (Wildman–Crippen MR) is 125 cm³/mol. The van der Waals surface area contributed by atoms with Gasteiger partial charge in [-0.2, -0.15) is 0 Å². The third-order valence-corrected chi connectivity index (χ3v) is 6.09. The lowest BCUT2D eigenvalue weighted by molar-refractivity contribution is -0.137. The van der Waals surface area contributed by atoms with E-state index in [1.807, 2.05) is 17.0 Å². The Hall–Kier alpha value is -3.60. The molecule has 2 amide bonds. The second kappa shape index (κ2) is 10.8. The molecule has 1 aromatic heterocycles. The summed E-state index contributed by atoms with van der Waals surface area (Å²) in [6.45, 7) is 5.15. The second-order valence-electron chi connectivity index (χ2n) is 8.71. The van der Waals surface area contributed by atoms with Crippen LogP contribution in [-0.2, 0) is 27.3 Å². The number of aryl methyl sites for hydroxylation is 1. The molecule has 10 nitrogen and oxygen atoms in total. The maximum Gasteiger partial charge on any atom is 0.414 e. The minimum atomic E-state index is -0.856. The molecule has 2 aliphatic rings. The lowest BCUT2D eigenvalue weighted by atomic mass is 10.2. The minimum absolute atomic E-state index is 0.0343. The molecule has 188 valence electrons. The number of carboxylic acid groups (broad SMARTS) is 1. The molecular weight excluding hydrogens is 459 g/mol. The van der Waals surface area contributed by atoms with Crippen LogP contribution in [0.15, 0.2) is 34.7 Å². The van der Waals surface area contributed by atoms with Crippen LogP contribution in [0.3, 0.4) is 0 Å². The number of cyclic esters (lactones) is 1. The quantitative estimate of drug-likeness (QED) is 0.552. The Bertz CT molecular complexity index is 1080. The van der Waals surface area contributed by atoms with Crippen molar-refractivity contribution in [3.63, 3.8) is 0 Å². The third-order valence-electron chi connectivity index (χ3n) is 6.09. The summed E-state index contributed by atoms with van der Waals surface area (Å²) in [7, 11) is 0. The van der Waals surface area contributed by atoms with Gasteiger partial charge in [0.2, 0.25) is 5.91 Å². The zero-order valence-corrected chi connectivity index (χ0v) is 19.5. The number of aliphatic carboxylic acids is 1. The zero-order valence-electron chi connectivity index (χ0n) is 19.5. The van der Waals surface area contributed by atoms with Gasteiger partial charge in [0, 0.05) is 39.5 Å². The van der Waals surface area contributed by atoms with Crippen molar-refractivity contribution in [3.05, 3.63) is 47.7 Å². The van der Waals surface area contributed by atoms with Crippen molar-refractivity contribution in [2.45, 2.75) is 32.4 Å². The molecule has 2 saturated heterocycles. The number of ether oxygens (including phenoxy) is 1. The van der Waals surface area contributed by atoms with E-state index >= 15 is 0 Å². The fraction of sp³-hybridized carbons (Fsp3) is 0.458. The standard InChI is InChI=1S/C24H29FN4O6/c1-16(30)26-13-20-15-29(24(33)35-20)17-2-6-22(21(25)12-17)28-10-8-27(9-11-28)14-19-4-3-18(34-19)5-7-23(31)32/h2-4,6,12,20H,5,7-11,13-15H2,1H3,(H,26,30)(H,31,32)/t20-/m0/s1. The monoisotopic (exact) mass is 488 g/mol. The molecule has 4 rings (SSSR count). The van der Waals surface area contributed by atoms with Crippen LogP contribution in [0.1, 0.15) is 24.9 Å². The number of benzene rings is 1. The molecule has 2 aliphatic heterocycles. The fourth-order valence-corrected chi connectivity index (χ4v) is 4.26. The molecule has 2 aromatic rings. The number of nitrogens with one attached hydrogen (secondary N) is 1. The smallest absolute Gasteiger partial charge is 0.414 e. The zero-order chi connectivity index (χ0) is 24.9. The van der Waals surface area contributed by atoms with Gasteiger partial charge in [0.05, 0.1) is 37.4 Å². The summed E-state index contributed by atoms with van der Waals surface area (Å²) in [5.41, 5.74) is 0.890. The highest BCUT2D eigenvalue weighted by Crippen LogP contribution is 2.28. The van der Waals surface area contributed by atoms with Crippen LogP contribution in [-0.4, -0.2) is 73.3 Å². The van der Waals surface area contributed by atoms with Gasteiger partial charge in [-0.25, -0.2) is 9.18 Å². The van der Waals surface area contributed by atoms with Crippen molar-refractivity contribution in [3.8, 4) is 0 Å². The Labute approximate surface area is 202 Å². The van der Waals surface area contributed by atoms with E-state index in [9.17, 15) is 18.8 Å². The lowest BCUT2D eigenvalue weighted by Gasteiger charge is -2.36. The topological polar surface area (TPSA) is 116 Å². The van der Waals surface area contributed by atoms with Gasteiger partial charge in [0.25, 0.3) is 0 Å². The summed E-state index contributed by atoms with van der Waals surface area (Å²) in [6.07, 6.45) is -0.648. The molecular formula is C24H29FN4O6. The van der Waals surface area contributed by atoms with Gasteiger partial charge in [-0.1, -0.05) is 0 Å². The number of nitrogens with zero attached hydrogens (tertiary/aromatic N) is 3. The van der Waals surface area contributed by atoms with Crippen LogP contribution in [0.25, 0.3) is 0 Å². The number of carboxylic acids is 1. The van der Waals surface area contributed by atoms with Gasteiger partial charge in [-0.3, -0.25) is 19.4 Å². The molecule has 0 unspecified atom stereocenters. The number of furan rings is 1. The number of piperazine rings is 1. The summed E-state index contributed by atoms with van der Waals surface area (Å²) in [5.74, 6) is -0.0381. The Morgan fingerprint density at radius 2 is 1.89 bits per heavy atom. The van der Waals surface area contributed by atoms with Gasteiger partial charge in [-0.05, 0) is 30.3 Å². The van der Waals surface area contributed by atoms with E-state index in [-0.39, 0.29) is 25.4 Å². The van der Waals surface area contributed by atoms with Gasteiger partial charge >= 0.3 is 12.1 Å². The highest BCUT2D eigenvalue weighted by atomic mass is 19.1. The predicted octanol–water partition coefficient (Wildman–Crippen LogP) is 2.22. The normalized spacial score (nSPS) is 18.6. The number of carbonyl (C=O) groups excluding carboxylic acids is 2. The van der Waals surface area contributed by atoms with Crippen molar-refractivity contribution >= 4 is 29.3 Å². The van der Waals surface area contributed by atoms with Crippen molar-refractivity contribution in [1.82, 2.24) is 10.2 Å². The number of amides is 2. The van der Waals surface area contributed by atoms with Gasteiger partial charge in [0.15, 0.2) is 0 Å². The summed E-state index contributed by atoms with van der Waals surface area (Å²) < 4.78 is 26.0. The minimum Gasteiger partial charge on any atom is -0.481 e. The van der Waals surface area contributed by atoms with Crippen molar-refractivity contribution in [2.75, 3.05) is 49.1 Å². The van der Waals surface area contributed by atoms with E-state index in [1.54, 1.807) is 12.1 Å². The number of hydrogen-bond donors (Lipinski definition) is 2. The maximum absolute atomic E-state index is 15.0. The highest BCUT2D eigenvalue weighted by molar-refractivity contribution is 5.90. The van der Waals surface area contributed by atoms with Crippen LogP contribution in [0.5, 0.6) is 0 Å². The molecule has 0 saturated carbocycles. The number of anilines is 2. The largest absolute Gasteiger partial charge is 0.481 e. The van der Waals surface area contributed by atoms with Crippen molar-refractivity contribution < 1.29 is 33.0 Å². The van der Waals surface area contributed by atoms with Gasteiger partial charge < -0.3 is 24.5 Å². The van der Waals surface area contributed by atoms with E-state index in [0.717, 1.165) is 18.8 Å². The van der Waals surface area contributed by atoms with Gasteiger partial charge in [0.1, 0.15) is 23.4 Å². The highest BCUT2D eigenvalue weighted by Gasteiger charge is 2.33. The summed E-state index contributed by atoms with van der Waals surface area (Å²) in [6, 6.07) is 8.39. The van der Waals surface area contributed by atoms with Crippen LogP contribution < -0.4 is 15.1 Å². The Morgan fingerprint density at radius 3 is 2.57 bits per heavy atom. The van der Waals surface area contributed by atoms with E-state index in [1.165, 1.54) is 17.9 Å². The number of hydrogen-bond acceptors (Lipinski definition) is 7. The van der Waals surface area contributed by atoms with Crippen molar-refractivity contribution in [1.29, 1.82) is 0 Å². The molecule has 1 atom stereocenters. The SMILES string of the molecule is CC(=O)NC[C@H]1CN(c2ccc(N3CCN(Cc4ccc(CCC(=O)O)o4)CC3)c(F)c2)C(=O)O1. The molecule has 35 heavy (non-hydrogen) atoms. The molecule has 0 radical (unpaired) electrons. The van der Waals surface area contributed by atoms with E-state index < -0.39 is 24.0 Å². The molecule has 2 N–H and O–H groups in total. The molecule has 2 fully saturated rings. The first-order valence-electron chi connectivity index (χ1n) is 11.6. The van der Waals surface area contributed by atoms with E-state index in [0.29, 0.717) is 43.2 Å². The molecule has 3 heterocycles. The molecule has 11 heteroatoms. The Kier molecular flexibility index (Phi) is 7.54. The summed E-state index contributed by atoms with van der Waals surface area (Å²) in [5, 5.41) is 11.4.